The van der Waals surface area contributed by atoms with Gasteiger partial charge in [-0.25, -0.2) is 9.37 Å². The molecular formula is C23H16FN3O2. The Morgan fingerprint density at radius 3 is 2.69 bits per heavy atom. The summed E-state index contributed by atoms with van der Waals surface area (Å²) in [5.74, 6) is 5.11. The molecule has 6 heteroatoms. The first-order chi connectivity index (χ1) is 14.1. The number of hydrogen-bond acceptors (Lipinski definition) is 4. The topological polar surface area (TPSA) is 68.0 Å². The van der Waals surface area contributed by atoms with Crippen LogP contribution in [0.15, 0.2) is 65.2 Å². The quantitative estimate of drug-likeness (QED) is 0.539. The Kier molecular flexibility index (Phi) is 5.04. The molecule has 0 saturated heterocycles. The van der Waals surface area contributed by atoms with Gasteiger partial charge in [-0.1, -0.05) is 47.3 Å². The fraction of sp³-hybridized carbons (Fsp3) is 0.0870. The molecule has 1 amide bonds. The van der Waals surface area contributed by atoms with Crippen molar-refractivity contribution in [3.8, 4) is 23.1 Å². The molecule has 29 heavy (non-hydrogen) atoms. The van der Waals surface area contributed by atoms with E-state index in [9.17, 15) is 9.18 Å². The number of carbonyl (C=O) groups is 1. The van der Waals surface area contributed by atoms with Crippen molar-refractivity contribution in [3.63, 3.8) is 0 Å². The van der Waals surface area contributed by atoms with E-state index in [-0.39, 0.29) is 23.7 Å². The van der Waals surface area contributed by atoms with Gasteiger partial charge in [0.1, 0.15) is 5.82 Å². The largest absolute Gasteiger partial charge is 0.341 e. The van der Waals surface area contributed by atoms with E-state index in [1.165, 1.54) is 6.07 Å². The highest BCUT2D eigenvalue weighted by Crippen LogP contribution is 2.28. The van der Waals surface area contributed by atoms with E-state index < -0.39 is 5.82 Å². The number of fused-ring (bicyclic) bond motifs is 1. The average molecular weight is 385 g/mol. The van der Waals surface area contributed by atoms with Crippen LogP contribution in [0.3, 0.4) is 0 Å². The molecule has 2 aromatic carbocycles. The van der Waals surface area contributed by atoms with Gasteiger partial charge < -0.3 is 9.84 Å². The zero-order valence-electron chi connectivity index (χ0n) is 15.6. The molecule has 0 bridgehead atoms. The van der Waals surface area contributed by atoms with Crippen LogP contribution in [0.2, 0.25) is 0 Å². The number of halogens is 1. The summed E-state index contributed by atoms with van der Waals surface area (Å²) in [5, 5.41) is 7.16. The molecule has 0 aliphatic heterocycles. The lowest BCUT2D eigenvalue weighted by Crippen LogP contribution is -2.24. The minimum atomic E-state index is -0.435. The van der Waals surface area contributed by atoms with Crippen LogP contribution in [0.1, 0.15) is 21.6 Å². The monoisotopic (exact) mass is 385 g/mol. The average Bonchev–Trinajstić information content (AvgIpc) is 3.12. The molecule has 4 rings (SSSR count). The molecule has 5 nitrogen and oxygen atoms in total. The van der Waals surface area contributed by atoms with Crippen molar-refractivity contribution < 1.29 is 13.7 Å². The van der Waals surface area contributed by atoms with Gasteiger partial charge in [-0.3, -0.25) is 4.79 Å². The highest BCUT2D eigenvalue weighted by molar-refractivity contribution is 6.07. The molecule has 1 N–H and O–H groups in total. The Morgan fingerprint density at radius 2 is 1.90 bits per heavy atom. The van der Waals surface area contributed by atoms with Crippen LogP contribution < -0.4 is 5.32 Å². The first-order valence-corrected chi connectivity index (χ1v) is 8.97. The van der Waals surface area contributed by atoms with E-state index >= 15 is 0 Å². The summed E-state index contributed by atoms with van der Waals surface area (Å²) in [6.45, 7) is 1.89. The van der Waals surface area contributed by atoms with E-state index in [1.807, 2.05) is 30.3 Å². The summed E-state index contributed by atoms with van der Waals surface area (Å²) in [6.07, 6.45) is 0. The van der Waals surface area contributed by atoms with E-state index in [0.29, 0.717) is 22.3 Å². The van der Waals surface area contributed by atoms with Crippen molar-refractivity contribution in [2.45, 2.75) is 6.92 Å². The number of pyridine rings is 1. The van der Waals surface area contributed by atoms with E-state index in [0.717, 1.165) is 5.56 Å². The second kappa shape index (κ2) is 7.95. The third-order valence-corrected chi connectivity index (χ3v) is 4.36. The summed E-state index contributed by atoms with van der Waals surface area (Å²) in [4.78, 5) is 17.1. The second-order valence-corrected chi connectivity index (χ2v) is 6.33. The van der Waals surface area contributed by atoms with Crippen molar-refractivity contribution in [3.05, 3.63) is 83.3 Å². The van der Waals surface area contributed by atoms with E-state index in [1.54, 1.807) is 31.2 Å². The molecule has 0 unspecified atom stereocenters. The lowest BCUT2D eigenvalue weighted by atomic mass is 10.0. The van der Waals surface area contributed by atoms with Crippen LogP contribution in [0.4, 0.5) is 4.39 Å². The predicted octanol–water partition coefficient (Wildman–Crippen LogP) is 4.12. The van der Waals surface area contributed by atoms with Crippen LogP contribution in [-0.2, 0) is 0 Å². The molecule has 0 atom stereocenters. The van der Waals surface area contributed by atoms with Gasteiger partial charge in [-0.05, 0) is 37.3 Å². The van der Waals surface area contributed by atoms with Crippen LogP contribution in [0.25, 0.3) is 22.4 Å². The van der Waals surface area contributed by atoms with E-state index in [4.69, 9.17) is 4.52 Å². The number of nitrogens with one attached hydrogen (secondary N) is 1. The molecule has 4 aromatic rings. The van der Waals surface area contributed by atoms with Gasteiger partial charge in [0.15, 0.2) is 0 Å². The van der Waals surface area contributed by atoms with Gasteiger partial charge in [0, 0.05) is 11.1 Å². The van der Waals surface area contributed by atoms with Gasteiger partial charge in [0.2, 0.25) is 0 Å². The zero-order valence-corrected chi connectivity index (χ0v) is 15.6. The molecule has 0 fully saturated rings. The number of rotatable bonds is 3. The van der Waals surface area contributed by atoms with E-state index in [2.05, 4.69) is 27.3 Å². The first-order valence-electron chi connectivity index (χ1n) is 8.97. The highest BCUT2D eigenvalue weighted by atomic mass is 19.1. The molecule has 0 radical (unpaired) electrons. The van der Waals surface area contributed by atoms with Crippen LogP contribution in [-0.4, -0.2) is 22.6 Å². The van der Waals surface area contributed by atoms with Gasteiger partial charge in [-0.2, -0.15) is 0 Å². The van der Waals surface area contributed by atoms with Gasteiger partial charge in [0.05, 0.1) is 28.9 Å². The third-order valence-electron chi connectivity index (χ3n) is 4.36. The van der Waals surface area contributed by atoms with Crippen molar-refractivity contribution in [1.82, 2.24) is 15.5 Å². The molecule has 2 heterocycles. The molecular weight excluding hydrogens is 369 g/mol. The lowest BCUT2D eigenvalue weighted by Gasteiger charge is -2.07. The lowest BCUT2D eigenvalue weighted by molar-refractivity contribution is 0.0960. The number of nitrogens with zero attached hydrogens (tertiary/aromatic N) is 2. The maximum absolute atomic E-state index is 14.2. The van der Waals surface area contributed by atoms with Crippen molar-refractivity contribution in [2.75, 3.05) is 6.54 Å². The molecule has 0 aliphatic rings. The summed E-state index contributed by atoms with van der Waals surface area (Å²) in [7, 11) is 0. The SMILES string of the molecule is Cc1noc2nc(-c3ccccc3F)cc(C(=O)NCC#Cc3ccccc3)c12. The maximum atomic E-state index is 14.2. The number of carbonyl (C=O) groups excluding carboxylic acids is 1. The third kappa shape index (κ3) is 3.85. The first kappa shape index (κ1) is 18.4. The van der Waals surface area contributed by atoms with Crippen molar-refractivity contribution in [1.29, 1.82) is 0 Å². The Bertz CT molecular complexity index is 1250. The van der Waals surface area contributed by atoms with Gasteiger partial charge in [-0.15, -0.1) is 0 Å². The number of amides is 1. The number of hydrogen-bond donors (Lipinski definition) is 1. The van der Waals surface area contributed by atoms with Crippen LogP contribution in [0, 0.1) is 24.6 Å². The zero-order chi connectivity index (χ0) is 20.2. The Balaban J connectivity index is 1.65. The summed E-state index contributed by atoms with van der Waals surface area (Å²) >= 11 is 0. The number of benzene rings is 2. The number of aryl methyl sites for hydroxylation is 1. The molecule has 2 aromatic heterocycles. The fourth-order valence-electron chi connectivity index (χ4n) is 2.97. The van der Waals surface area contributed by atoms with Gasteiger partial charge >= 0.3 is 0 Å². The summed E-state index contributed by atoms with van der Waals surface area (Å²) < 4.78 is 19.5. The van der Waals surface area contributed by atoms with Crippen LogP contribution >= 0.6 is 0 Å². The molecule has 0 saturated carbocycles. The molecule has 0 spiro atoms. The Morgan fingerprint density at radius 1 is 1.14 bits per heavy atom. The highest BCUT2D eigenvalue weighted by Gasteiger charge is 2.20. The smallest absolute Gasteiger partial charge is 0.259 e. The predicted molar refractivity (Wildman–Crippen MR) is 108 cm³/mol. The molecule has 142 valence electrons. The minimum Gasteiger partial charge on any atom is -0.341 e. The summed E-state index contributed by atoms with van der Waals surface area (Å²) in [5.41, 5.74) is 2.48. The normalized spacial score (nSPS) is 10.4. The second-order valence-electron chi connectivity index (χ2n) is 6.33. The Hall–Kier alpha value is -3.98. The fourth-order valence-corrected chi connectivity index (χ4v) is 2.97. The van der Waals surface area contributed by atoms with Gasteiger partial charge in [0.25, 0.3) is 11.6 Å². The van der Waals surface area contributed by atoms with Crippen LogP contribution in [0.5, 0.6) is 0 Å². The number of aromatic nitrogens is 2. The maximum Gasteiger partial charge on any atom is 0.259 e. The minimum absolute atomic E-state index is 0.164. The van der Waals surface area contributed by atoms with Crippen molar-refractivity contribution in [2.24, 2.45) is 0 Å². The van der Waals surface area contributed by atoms with Crippen molar-refractivity contribution >= 4 is 17.0 Å². The molecule has 0 aliphatic carbocycles. The summed E-state index contributed by atoms with van der Waals surface area (Å²) in [6, 6.07) is 17.3. The Labute approximate surface area is 166 Å². The standard InChI is InChI=1S/C23H16FN3O2/c1-15-21-18(22(28)25-13-7-10-16-8-3-2-4-9-16)14-20(26-23(21)29-27-15)17-11-5-6-12-19(17)24/h2-6,8-9,11-12,14H,13H2,1H3,(H,25,28).